The van der Waals surface area contributed by atoms with Gasteiger partial charge in [-0.3, -0.25) is 9.78 Å². The maximum Gasteiger partial charge on any atom is 0.311 e. The Bertz CT molecular complexity index is 658. The molecule has 0 saturated heterocycles. The number of halogens is 1. The fourth-order valence-corrected chi connectivity index (χ4v) is 2.40. The summed E-state index contributed by atoms with van der Waals surface area (Å²) in [6.45, 7) is 1.85. The largest absolute Gasteiger partial charge is 0.497 e. The van der Waals surface area contributed by atoms with Crippen LogP contribution in [0.5, 0.6) is 5.75 Å². The third-order valence-corrected chi connectivity index (χ3v) is 3.41. The highest BCUT2D eigenvalue weighted by Crippen LogP contribution is 2.25. The van der Waals surface area contributed by atoms with Gasteiger partial charge in [0.1, 0.15) is 5.75 Å². The SMILES string of the molecule is COc1cc(C)nc(CC(C(=O)O)c2cccc(Cl)c2)c1. The van der Waals surface area contributed by atoms with E-state index < -0.39 is 11.9 Å². The molecule has 1 heterocycles. The van der Waals surface area contributed by atoms with Crippen LogP contribution in [0.1, 0.15) is 22.9 Å². The zero-order valence-electron chi connectivity index (χ0n) is 11.8. The van der Waals surface area contributed by atoms with Gasteiger partial charge in [-0.05, 0) is 24.6 Å². The normalized spacial score (nSPS) is 12.0. The van der Waals surface area contributed by atoms with E-state index in [1.807, 2.05) is 6.92 Å². The van der Waals surface area contributed by atoms with Crippen molar-refractivity contribution in [1.82, 2.24) is 4.98 Å². The minimum atomic E-state index is -0.903. The van der Waals surface area contributed by atoms with Crippen molar-refractivity contribution in [3.8, 4) is 5.75 Å². The quantitative estimate of drug-likeness (QED) is 0.919. The van der Waals surface area contributed by atoms with Crippen molar-refractivity contribution in [2.24, 2.45) is 0 Å². The van der Waals surface area contributed by atoms with E-state index in [1.165, 1.54) is 0 Å². The number of benzene rings is 1. The first kappa shape index (κ1) is 15.3. The van der Waals surface area contributed by atoms with Gasteiger partial charge in [0, 0.05) is 35.0 Å². The fraction of sp³-hybridized carbons (Fsp3) is 0.250. The summed E-state index contributed by atoms with van der Waals surface area (Å²) in [5.41, 5.74) is 2.14. The van der Waals surface area contributed by atoms with Gasteiger partial charge in [-0.15, -0.1) is 0 Å². The lowest BCUT2D eigenvalue weighted by Crippen LogP contribution is -2.15. The van der Waals surface area contributed by atoms with Gasteiger partial charge in [0.15, 0.2) is 0 Å². The van der Waals surface area contributed by atoms with Crippen molar-refractivity contribution in [2.45, 2.75) is 19.3 Å². The van der Waals surface area contributed by atoms with Crippen LogP contribution < -0.4 is 4.74 Å². The molecule has 0 radical (unpaired) electrons. The number of hydrogen-bond donors (Lipinski definition) is 1. The van der Waals surface area contributed by atoms with E-state index in [-0.39, 0.29) is 6.42 Å². The second-order valence-corrected chi connectivity index (χ2v) is 5.23. The van der Waals surface area contributed by atoms with Crippen LogP contribution in [0, 0.1) is 6.92 Å². The van der Waals surface area contributed by atoms with Crippen LogP contribution >= 0.6 is 11.6 Å². The number of methoxy groups -OCH3 is 1. The molecular formula is C16H16ClNO3. The lowest BCUT2D eigenvalue weighted by atomic mass is 9.94. The molecular weight excluding hydrogens is 290 g/mol. The Balaban J connectivity index is 2.33. The molecule has 5 heteroatoms. The van der Waals surface area contributed by atoms with E-state index >= 15 is 0 Å². The molecule has 0 spiro atoms. The molecule has 0 saturated carbocycles. The topological polar surface area (TPSA) is 59.4 Å². The first-order valence-corrected chi connectivity index (χ1v) is 6.87. The van der Waals surface area contributed by atoms with Crippen LogP contribution in [0.15, 0.2) is 36.4 Å². The molecule has 0 amide bonds. The van der Waals surface area contributed by atoms with Crippen LogP contribution in [0.4, 0.5) is 0 Å². The first-order valence-electron chi connectivity index (χ1n) is 6.49. The molecule has 1 aromatic carbocycles. The maximum absolute atomic E-state index is 11.6. The maximum atomic E-state index is 11.6. The summed E-state index contributed by atoms with van der Waals surface area (Å²) >= 11 is 5.94. The van der Waals surface area contributed by atoms with Crippen LogP contribution in [-0.4, -0.2) is 23.2 Å². The highest BCUT2D eigenvalue weighted by Gasteiger charge is 2.21. The molecule has 21 heavy (non-hydrogen) atoms. The second kappa shape index (κ2) is 6.59. The molecule has 0 bridgehead atoms. The summed E-state index contributed by atoms with van der Waals surface area (Å²) in [7, 11) is 1.57. The number of carboxylic acid groups (broad SMARTS) is 1. The summed E-state index contributed by atoms with van der Waals surface area (Å²) in [6, 6.07) is 10.5. The van der Waals surface area contributed by atoms with Crippen LogP contribution in [-0.2, 0) is 11.2 Å². The smallest absolute Gasteiger partial charge is 0.311 e. The van der Waals surface area contributed by atoms with E-state index in [0.717, 1.165) is 5.69 Å². The number of aromatic nitrogens is 1. The summed E-state index contributed by atoms with van der Waals surface area (Å²) < 4.78 is 5.19. The minimum Gasteiger partial charge on any atom is -0.497 e. The van der Waals surface area contributed by atoms with Gasteiger partial charge >= 0.3 is 5.97 Å². The zero-order valence-corrected chi connectivity index (χ0v) is 12.6. The van der Waals surface area contributed by atoms with E-state index in [0.29, 0.717) is 22.0 Å². The highest BCUT2D eigenvalue weighted by molar-refractivity contribution is 6.30. The van der Waals surface area contributed by atoms with Crippen molar-refractivity contribution < 1.29 is 14.6 Å². The van der Waals surface area contributed by atoms with Crippen LogP contribution in [0.2, 0.25) is 5.02 Å². The predicted octanol–water partition coefficient (Wildman–Crippen LogP) is 3.46. The Morgan fingerprint density at radius 2 is 2.14 bits per heavy atom. The number of carboxylic acids is 1. The van der Waals surface area contributed by atoms with E-state index in [1.54, 1.807) is 43.5 Å². The van der Waals surface area contributed by atoms with Crippen molar-refractivity contribution in [2.75, 3.05) is 7.11 Å². The summed E-state index contributed by atoms with van der Waals surface area (Å²) in [6.07, 6.45) is 0.285. The molecule has 4 nitrogen and oxygen atoms in total. The average molecular weight is 306 g/mol. The molecule has 0 fully saturated rings. The van der Waals surface area contributed by atoms with Crippen molar-refractivity contribution in [3.63, 3.8) is 0 Å². The lowest BCUT2D eigenvalue weighted by molar-refractivity contribution is -0.138. The Kier molecular flexibility index (Phi) is 4.81. The van der Waals surface area contributed by atoms with Gasteiger partial charge in [0.25, 0.3) is 0 Å². The predicted molar refractivity (Wildman–Crippen MR) is 81.1 cm³/mol. The molecule has 1 aromatic heterocycles. The monoisotopic (exact) mass is 305 g/mol. The van der Waals surface area contributed by atoms with Gasteiger partial charge in [0.05, 0.1) is 13.0 Å². The van der Waals surface area contributed by atoms with Gasteiger partial charge in [-0.1, -0.05) is 23.7 Å². The third-order valence-electron chi connectivity index (χ3n) is 3.18. The molecule has 110 valence electrons. The average Bonchev–Trinajstić information content (AvgIpc) is 2.43. The molecule has 2 rings (SSSR count). The fourth-order valence-electron chi connectivity index (χ4n) is 2.21. The number of aryl methyl sites for hydroxylation is 1. The number of carbonyl (C=O) groups is 1. The zero-order chi connectivity index (χ0) is 15.4. The van der Waals surface area contributed by atoms with E-state index in [2.05, 4.69) is 4.98 Å². The Hall–Kier alpha value is -2.07. The number of nitrogens with zero attached hydrogens (tertiary/aromatic N) is 1. The highest BCUT2D eigenvalue weighted by atomic mass is 35.5. The second-order valence-electron chi connectivity index (χ2n) is 4.79. The lowest BCUT2D eigenvalue weighted by Gasteiger charge is -2.14. The van der Waals surface area contributed by atoms with Crippen LogP contribution in [0.3, 0.4) is 0 Å². The summed E-state index contributed by atoms with van der Waals surface area (Å²) in [5, 5.41) is 9.99. The van der Waals surface area contributed by atoms with E-state index in [9.17, 15) is 9.90 Å². The van der Waals surface area contributed by atoms with Crippen molar-refractivity contribution >= 4 is 17.6 Å². The number of ether oxygens (including phenoxy) is 1. The molecule has 0 aliphatic rings. The van der Waals surface area contributed by atoms with E-state index in [4.69, 9.17) is 16.3 Å². The molecule has 0 aliphatic heterocycles. The number of rotatable bonds is 5. The van der Waals surface area contributed by atoms with Gasteiger partial charge < -0.3 is 9.84 Å². The standard InChI is InChI=1S/C16H16ClNO3/c1-10-6-14(21-2)8-13(18-10)9-15(16(19)20)11-4-3-5-12(17)7-11/h3-8,15H,9H2,1-2H3,(H,19,20). The number of hydrogen-bond acceptors (Lipinski definition) is 3. The molecule has 1 atom stereocenters. The molecule has 2 aromatic rings. The van der Waals surface area contributed by atoms with Crippen LogP contribution in [0.25, 0.3) is 0 Å². The number of pyridine rings is 1. The third kappa shape index (κ3) is 3.95. The molecule has 0 aliphatic carbocycles. The summed E-state index contributed by atoms with van der Waals surface area (Å²) in [4.78, 5) is 15.9. The van der Waals surface area contributed by atoms with Gasteiger partial charge in [-0.2, -0.15) is 0 Å². The van der Waals surface area contributed by atoms with Crippen molar-refractivity contribution in [1.29, 1.82) is 0 Å². The van der Waals surface area contributed by atoms with Gasteiger partial charge in [0.2, 0.25) is 0 Å². The van der Waals surface area contributed by atoms with Crippen molar-refractivity contribution in [3.05, 3.63) is 58.4 Å². The number of aliphatic carboxylic acids is 1. The van der Waals surface area contributed by atoms with Gasteiger partial charge in [-0.25, -0.2) is 0 Å². The molecule has 1 unspecified atom stereocenters. The first-order chi connectivity index (χ1) is 9.99. The minimum absolute atomic E-state index is 0.285. The Morgan fingerprint density at radius 3 is 2.76 bits per heavy atom. The molecule has 1 N–H and O–H groups in total. The Morgan fingerprint density at radius 1 is 1.38 bits per heavy atom. The Labute approximate surface area is 128 Å². The summed E-state index contributed by atoms with van der Waals surface area (Å²) in [5.74, 6) is -0.921.